The maximum Gasteiger partial charge on any atom is 0.313 e. The Morgan fingerprint density at radius 2 is 1.89 bits per heavy atom. The topological polar surface area (TPSA) is 76.0 Å². The monoisotopic (exact) mass is 382 g/mol. The molecule has 3 aromatic rings. The molecule has 1 aromatic carbocycles. The summed E-state index contributed by atoms with van der Waals surface area (Å²) in [6, 6.07) is 9.57. The zero-order valence-corrected chi connectivity index (χ0v) is 16.3. The van der Waals surface area contributed by atoms with Crippen LogP contribution in [-0.4, -0.2) is 28.1 Å². The molecule has 3 rings (SSSR count). The van der Waals surface area contributed by atoms with Crippen LogP contribution in [0.3, 0.4) is 0 Å². The number of amides is 2. The number of nitrogens with one attached hydrogen (secondary N) is 2. The number of carbonyl (C=O) groups excluding carboxylic acids is 2. The molecule has 0 saturated carbocycles. The maximum absolute atomic E-state index is 12.3. The molecule has 0 aliphatic rings. The molecule has 0 fully saturated rings. The van der Waals surface area contributed by atoms with Gasteiger partial charge in [0.1, 0.15) is 6.04 Å². The van der Waals surface area contributed by atoms with Crippen molar-refractivity contribution in [3.8, 4) is 0 Å². The van der Waals surface area contributed by atoms with E-state index in [4.69, 9.17) is 0 Å². The largest absolute Gasteiger partial charge is 0.345 e. The molecule has 27 heavy (non-hydrogen) atoms. The summed E-state index contributed by atoms with van der Waals surface area (Å²) in [5.74, 6) is -1.33. The number of benzene rings is 1. The Morgan fingerprint density at radius 3 is 2.48 bits per heavy atom. The van der Waals surface area contributed by atoms with E-state index in [1.165, 1.54) is 0 Å². The number of hydrogen-bond donors (Lipinski definition) is 2. The first-order chi connectivity index (χ1) is 13.0. The number of aromatic nitrogens is 2. The van der Waals surface area contributed by atoms with Crippen molar-refractivity contribution in [1.29, 1.82) is 0 Å². The summed E-state index contributed by atoms with van der Waals surface area (Å²) in [7, 11) is 0. The van der Waals surface area contributed by atoms with Crippen molar-refractivity contribution in [1.82, 2.24) is 15.1 Å². The normalized spacial score (nSPS) is 11.8. The summed E-state index contributed by atoms with van der Waals surface area (Å²) in [6.45, 7) is 6.11. The van der Waals surface area contributed by atoms with Crippen molar-refractivity contribution in [3.05, 3.63) is 69.7 Å². The van der Waals surface area contributed by atoms with Crippen molar-refractivity contribution >= 4 is 28.8 Å². The van der Waals surface area contributed by atoms with Crippen LogP contribution in [0.15, 0.2) is 48.1 Å². The van der Waals surface area contributed by atoms with Crippen LogP contribution in [0.5, 0.6) is 0 Å². The Morgan fingerprint density at radius 1 is 1.15 bits per heavy atom. The predicted molar refractivity (Wildman–Crippen MR) is 107 cm³/mol. The number of aryl methyl sites for hydroxylation is 3. The molecule has 140 valence electrons. The van der Waals surface area contributed by atoms with Crippen LogP contribution in [-0.2, 0) is 9.59 Å². The van der Waals surface area contributed by atoms with E-state index in [9.17, 15) is 9.59 Å². The molecule has 1 atom stereocenters. The molecule has 0 aliphatic heterocycles. The highest BCUT2D eigenvalue weighted by Crippen LogP contribution is 2.23. The van der Waals surface area contributed by atoms with Crippen LogP contribution >= 0.6 is 11.3 Å². The molecule has 2 amide bonds. The molecule has 2 heterocycles. The highest BCUT2D eigenvalue weighted by atomic mass is 32.1. The first-order valence-electron chi connectivity index (χ1n) is 8.65. The van der Waals surface area contributed by atoms with Crippen LogP contribution in [0.1, 0.15) is 27.6 Å². The predicted octanol–water partition coefficient (Wildman–Crippen LogP) is 3.21. The van der Waals surface area contributed by atoms with E-state index in [0.29, 0.717) is 5.69 Å². The molecule has 0 bridgehead atoms. The SMILES string of the molecule is Cc1cc(C)c(NC(=O)C(=O)NCC(c2cccs2)n2cccn2)c(C)c1. The average molecular weight is 382 g/mol. The number of hydrogen-bond acceptors (Lipinski definition) is 4. The Balaban J connectivity index is 1.67. The summed E-state index contributed by atoms with van der Waals surface area (Å²) in [5.41, 5.74) is 3.66. The van der Waals surface area contributed by atoms with Crippen molar-refractivity contribution in [2.24, 2.45) is 0 Å². The minimum absolute atomic E-state index is 0.153. The molecule has 0 spiro atoms. The fraction of sp³-hybridized carbons (Fsp3) is 0.250. The Labute approximate surface area is 162 Å². The number of thiophene rings is 1. The lowest BCUT2D eigenvalue weighted by Crippen LogP contribution is -2.39. The van der Waals surface area contributed by atoms with Crippen molar-refractivity contribution < 1.29 is 9.59 Å². The van der Waals surface area contributed by atoms with Crippen LogP contribution < -0.4 is 10.6 Å². The Hall–Kier alpha value is -2.93. The zero-order valence-electron chi connectivity index (χ0n) is 15.5. The van der Waals surface area contributed by atoms with E-state index in [1.54, 1.807) is 22.2 Å². The third-order valence-corrected chi connectivity index (χ3v) is 5.27. The average Bonchev–Trinajstić information content (AvgIpc) is 3.32. The van der Waals surface area contributed by atoms with E-state index < -0.39 is 11.8 Å². The van der Waals surface area contributed by atoms with Gasteiger partial charge in [0.25, 0.3) is 0 Å². The van der Waals surface area contributed by atoms with Gasteiger partial charge in [-0.2, -0.15) is 5.10 Å². The maximum atomic E-state index is 12.3. The minimum Gasteiger partial charge on any atom is -0.345 e. The highest BCUT2D eigenvalue weighted by molar-refractivity contribution is 7.10. The van der Waals surface area contributed by atoms with Gasteiger partial charge in [-0.3, -0.25) is 14.3 Å². The number of nitrogens with zero attached hydrogens (tertiary/aromatic N) is 2. The second-order valence-electron chi connectivity index (χ2n) is 6.46. The lowest BCUT2D eigenvalue weighted by Gasteiger charge is -2.17. The standard InChI is InChI=1S/C20H22N4O2S/c1-13-10-14(2)18(15(3)11-13)23-20(26)19(25)21-12-16(17-6-4-9-27-17)24-8-5-7-22-24/h4-11,16H,12H2,1-3H3,(H,21,25)(H,23,26). The van der Waals surface area contributed by atoms with Crippen molar-refractivity contribution in [2.75, 3.05) is 11.9 Å². The highest BCUT2D eigenvalue weighted by Gasteiger charge is 2.20. The van der Waals surface area contributed by atoms with Gasteiger partial charge in [0, 0.05) is 29.5 Å². The van der Waals surface area contributed by atoms with Gasteiger partial charge in [0.15, 0.2) is 0 Å². The second kappa shape index (κ2) is 8.18. The zero-order chi connectivity index (χ0) is 19.4. The summed E-state index contributed by atoms with van der Waals surface area (Å²) in [6.07, 6.45) is 3.54. The van der Waals surface area contributed by atoms with Crippen LogP contribution in [0.2, 0.25) is 0 Å². The first-order valence-corrected chi connectivity index (χ1v) is 9.53. The van der Waals surface area contributed by atoms with Gasteiger partial charge in [0.2, 0.25) is 0 Å². The molecular weight excluding hydrogens is 360 g/mol. The Kier molecular flexibility index (Phi) is 5.71. The van der Waals surface area contributed by atoms with E-state index in [0.717, 1.165) is 21.6 Å². The second-order valence-corrected chi connectivity index (χ2v) is 7.43. The van der Waals surface area contributed by atoms with E-state index in [2.05, 4.69) is 15.7 Å². The lowest BCUT2D eigenvalue weighted by atomic mass is 10.1. The lowest BCUT2D eigenvalue weighted by molar-refractivity contribution is -0.136. The van der Waals surface area contributed by atoms with Crippen LogP contribution in [0.4, 0.5) is 5.69 Å². The summed E-state index contributed by atoms with van der Waals surface area (Å²) in [5, 5.41) is 11.7. The molecule has 1 unspecified atom stereocenters. The van der Waals surface area contributed by atoms with E-state index >= 15 is 0 Å². The van der Waals surface area contributed by atoms with Gasteiger partial charge >= 0.3 is 11.8 Å². The van der Waals surface area contributed by atoms with Gasteiger partial charge in [-0.05, 0) is 49.4 Å². The van der Waals surface area contributed by atoms with E-state index in [1.807, 2.05) is 62.7 Å². The Bertz CT molecular complexity index is 876. The van der Waals surface area contributed by atoms with E-state index in [-0.39, 0.29) is 12.6 Å². The number of rotatable bonds is 5. The van der Waals surface area contributed by atoms with Crippen molar-refractivity contribution in [3.63, 3.8) is 0 Å². The van der Waals surface area contributed by atoms with Crippen LogP contribution in [0, 0.1) is 20.8 Å². The molecular formula is C20H22N4O2S. The molecule has 2 aromatic heterocycles. The molecule has 7 heteroatoms. The smallest absolute Gasteiger partial charge is 0.313 e. The summed E-state index contributed by atoms with van der Waals surface area (Å²) in [4.78, 5) is 25.7. The fourth-order valence-corrected chi connectivity index (χ4v) is 3.91. The molecule has 2 N–H and O–H groups in total. The minimum atomic E-state index is -0.671. The first kappa shape index (κ1) is 18.8. The van der Waals surface area contributed by atoms with Crippen LogP contribution in [0.25, 0.3) is 0 Å². The van der Waals surface area contributed by atoms with Gasteiger partial charge in [-0.1, -0.05) is 23.8 Å². The molecule has 6 nitrogen and oxygen atoms in total. The van der Waals surface area contributed by atoms with Gasteiger partial charge < -0.3 is 10.6 Å². The summed E-state index contributed by atoms with van der Waals surface area (Å²) >= 11 is 1.58. The summed E-state index contributed by atoms with van der Waals surface area (Å²) < 4.78 is 1.78. The number of carbonyl (C=O) groups is 2. The quantitative estimate of drug-likeness (QED) is 0.665. The van der Waals surface area contributed by atoms with Crippen molar-refractivity contribution in [2.45, 2.75) is 26.8 Å². The molecule has 0 radical (unpaired) electrons. The molecule has 0 aliphatic carbocycles. The third kappa shape index (κ3) is 4.43. The molecule has 0 saturated heterocycles. The number of anilines is 1. The van der Waals surface area contributed by atoms with Gasteiger partial charge in [-0.25, -0.2) is 0 Å². The van der Waals surface area contributed by atoms with Gasteiger partial charge in [0.05, 0.1) is 0 Å². The third-order valence-electron chi connectivity index (χ3n) is 4.29. The fourth-order valence-electron chi connectivity index (χ4n) is 3.09. The van der Waals surface area contributed by atoms with Gasteiger partial charge in [-0.15, -0.1) is 11.3 Å².